The predicted molar refractivity (Wildman–Crippen MR) is 115 cm³/mol. The molecule has 0 aliphatic rings. The first-order valence-corrected chi connectivity index (χ1v) is 9.22. The molecule has 0 aliphatic carbocycles. The molecule has 0 saturated carbocycles. The summed E-state index contributed by atoms with van der Waals surface area (Å²) in [5.41, 5.74) is 11.6. The van der Waals surface area contributed by atoms with Crippen molar-refractivity contribution >= 4 is 11.6 Å². The Bertz CT molecular complexity index is 1180. The normalized spacial score (nSPS) is 10.7. The zero-order chi connectivity index (χ0) is 20.4. The third kappa shape index (κ3) is 3.60. The minimum Gasteiger partial charge on any atom is -0.378 e. The van der Waals surface area contributed by atoms with Crippen LogP contribution in [0.4, 0.5) is 5.69 Å². The van der Waals surface area contributed by atoms with E-state index in [1.54, 1.807) is 0 Å². The second-order valence-corrected chi connectivity index (χ2v) is 6.90. The van der Waals surface area contributed by atoms with E-state index in [9.17, 15) is 4.79 Å². The van der Waals surface area contributed by atoms with Crippen molar-refractivity contribution in [3.63, 3.8) is 0 Å². The van der Waals surface area contributed by atoms with Gasteiger partial charge in [-0.05, 0) is 46.5 Å². The topological polar surface area (TPSA) is 77.0 Å². The van der Waals surface area contributed by atoms with Gasteiger partial charge in [-0.2, -0.15) is 5.10 Å². The van der Waals surface area contributed by atoms with Gasteiger partial charge in [-0.25, -0.2) is 9.67 Å². The zero-order valence-electron chi connectivity index (χ0n) is 16.3. The summed E-state index contributed by atoms with van der Waals surface area (Å²) in [6.45, 7) is 0. The molecular formula is C23H21N5O. The van der Waals surface area contributed by atoms with Crippen molar-refractivity contribution in [2.24, 2.45) is 5.73 Å². The van der Waals surface area contributed by atoms with Gasteiger partial charge in [0, 0.05) is 19.8 Å². The summed E-state index contributed by atoms with van der Waals surface area (Å²) in [4.78, 5) is 17.7. The molecule has 1 amide bonds. The highest BCUT2D eigenvalue weighted by Gasteiger charge is 2.14. The van der Waals surface area contributed by atoms with Crippen LogP contribution in [0, 0.1) is 0 Å². The number of carbonyl (C=O) groups is 1. The smallest absolute Gasteiger partial charge is 0.286 e. The van der Waals surface area contributed by atoms with Gasteiger partial charge >= 0.3 is 0 Å². The monoisotopic (exact) mass is 383 g/mol. The van der Waals surface area contributed by atoms with Crippen molar-refractivity contribution in [1.29, 1.82) is 0 Å². The van der Waals surface area contributed by atoms with Crippen molar-refractivity contribution in [3.05, 3.63) is 84.9 Å². The Hall–Kier alpha value is -3.93. The van der Waals surface area contributed by atoms with Crippen molar-refractivity contribution in [3.8, 4) is 27.9 Å². The van der Waals surface area contributed by atoms with Gasteiger partial charge < -0.3 is 10.6 Å². The number of rotatable bonds is 5. The Balaban J connectivity index is 1.82. The van der Waals surface area contributed by atoms with E-state index in [2.05, 4.69) is 51.4 Å². The van der Waals surface area contributed by atoms with Gasteiger partial charge in [0.2, 0.25) is 5.82 Å². The molecule has 1 heterocycles. The van der Waals surface area contributed by atoms with Gasteiger partial charge in [0.05, 0.1) is 5.69 Å². The number of nitrogens with zero attached hydrogens (tertiary/aromatic N) is 4. The Morgan fingerprint density at radius 2 is 1.55 bits per heavy atom. The summed E-state index contributed by atoms with van der Waals surface area (Å²) in [7, 11) is 4.06. The van der Waals surface area contributed by atoms with Crippen LogP contribution in [-0.4, -0.2) is 34.8 Å². The SMILES string of the molecule is CN(C)c1cccc(-c2ccccc2-c2cccc(-n3ncnc3C(N)=O)c2)c1. The van der Waals surface area contributed by atoms with E-state index in [-0.39, 0.29) is 5.82 Å². The summed E-state index contributed by atoms with van der Waals surface area (Å²) in [6, 6.07) is 24.5. The molecule has 144 valence electrons. The number of anilines is 1. The fourth-order valence-corrected chi connectivity index (χ4v) is 3.34. The third-order valence-corrected chi connectivity index (χ3v) is 4.77. The third-order valence-electron chi connectivity index (χ3n) is 4.77. The molecule has 0 fully saturated rings. The summed E-state index contributed by atoms with van der Waals surface area (Å²) >= 11 is 0. The van der Waals surface area contributed by atoms with Crippen molar-refractivity contribution in [2.45, 2.75) is 0 Å². The lowest BCUT2D eigenvalue weighted by Crippen LogP contribution is -2.18. The highest BCUT2D eigenvalue weighted by atomic mass is 16.1. The summed E-state index contributed by atoms with van der Waals surface area (Å²) in [6.07, 6.45) is 1.33. The van der Waals surface area contributed by atoms with Crippen molar-refractivity contribution in [1.82, 2.24) is 14.8 Å². The molecule has 0 unspecified atom stereocenters. The van der Waals surface area contributed by atoms with Crippen LogP contribution in [0.15, 0.2) is 79.1 Å². The molecule has 0 aliphatic heterocycles. The fourth-order valence-electron chi connectivity index (χ4n) is 3.34. The molecule has 0 spiro atoms. The first-order chi connectivity index (χ1) is 14.0. The Kier molecular flexibility index (Phi) is 4.83. The van der Waals surface area contributed by atoms with E-state index in [1.165, 1.54) is 11.0 Å². The second-order valence-electron chi connectivity index (χ2n) is 6.90. The average molecular weight is 383 g/mol. The van der Waals surface area contributed by atoms with E-state index >= 15 is 0 Å². The molecule has 0 bridgehead atoms. The molecule has 6 nitrogen and oxygen atoms in total. The van der Waals surface area contributed by atoms with Crippen LogP contribution in [0.25, 0.3) is 27.9 Å². The van der Waals surface area contributed by atoms with Gasteiger partial charge in [0.25, 0.3) is 5.91 Å². The number of primary amides is 1. The molecule has 1 aromatic heterocycles. The lowest BCUT2D eigenvalue weighted by atomic mass is 9.94. The van der Waals surface area contributed by atoms with Crippen LogP contribution in [0.5, 0.6) is 0 Å². The quantitative estimate of drug-likeness (QED) is 0.569. The molecule has 0 radical (unpaired) electrons. The molecule has 2 N–H and O–H groups in total. The van der Waals surface area contributed by atoms with E-state index < -0.39 is 5.91 Å². The number of aromatic nitrogens is 3. The van der Waals surface area contributed by atoms with Gasteiger partial charge in [0.1, 0.15) is 6.33 Å². The van der Waals surface area contributed by atoms with E-state index in [4.69, 9.17) is 5.73 Å². The van der Waals surface area contributed by atoms with Crippen LogP contribution < -0.4 is 10.6 Å². The minimum absolute atomic E-state index is 0.106. The average Bonchev–Trinajstić information content (AvgIpc) is 3.24. The molecule has 4 rings (SSSR count). The molecular weight excluding hydrogens is 362 g/mol. The lowest BCUT2D eigenvalue weighted by Gasteiger charge is -2.16. The lowest BCUT2D eigenvalue weighted by molar-refractivity contribution is 0.0988. The molecule has 4 aromatic rings. The maximum Gasteiger partial charge on any atom is 0.286 e. The Morgan fingerprint density at radius 3 is 2.21 bits per heavy atom. The maximum atomic E-state index is 11.6. The number of carbonyl (C=O) groups excluding carboxylic acids is 1. The predicted octanol–water partition coefficient (Wildman–Crippen LogP) is 3.77. The number of hydrogen-bond acceptors (Lipinski definition) is 4. The largest absolute Gasteiger partial charge is 0.378 e. The minimum atomic E-state index is -0.617. The van der Waals surface area contributed by atoms with Gasteiger partial charge in [-0.15, -0.1) is 0 Å². The molecule has 0 saturated heterocycles. The van der Waals surface area contributed by atoms with Crippen molar-refractivity contribution in [2.75, 3.05) is 19.0 Å². The Labute approximate surface area is 169 Å². The first-order valence-electron chi connectivity index (χ1n) is 9.22. The van der Waals surface area contributed by atoms with Gasteiger partial charge in [-0.3, -0.25) is 4.79 Å². The first kappa shape index (κ1) is 18.4. The van der Waals surface area contributed by atoms with Crippen LogP contribution in [-0.2, 0) is 0 Å². The van der Waals surface area contributed by atoms with Crippen molar-refractivity contribution < 1.29 is 4.79 Å². The fraction of sp³-hybridized carbons (Fsp3) is 0.0870. The number of amides is 1. The van der Waals surface area contributed by atoms with Crippen LogP contribution in [0.3, 0.4) is 0 Å². The molecule has 3 aromatic carbocycles. The Morgan fingerprint density at radius 1 is 0.897 bits per heavy atom. The summed E-state index contributed by atoms with van der Waals surface area (Å²) < 4.78 is 1.46. The maximum absolute atomic E-state index is 11.6. The summed E-state index contributed by atoms with van der Waals surface area (Å²) in [5.74, 6) is -0.511. The highest BCUT2D eigenvalue weighted by Crippen LogP contribution is 2.34. The van der Waals surface area contributed by atoms with Gasteiger partial charge in [0.15, 0.2) is 0 Å². The second kappa shape index (κ2) is 7.59. The number of benzene rings is 3. The van der Waals surface area contributed by atoms with Crippen LogP contribution >= 0.6 is 0 Å². The highest BCUT2D eigenvalue weighted by molar-refractivity contribution is 5.90. The number of hydrogen-bond donors (Lipinski definition) is 1. The van der Waals surface area contributed by atoms with E-state index in [0.717, 1.165) is 33.6 Å². The van der Waals surface area contributed by atoms with E-state index in [0.29, 0.717) is 0 Å². The zero-order valence-corrected chi connectivity index (χ0v) is 16.3. The number of nitrogens with two attached hydrogens (primary N) is 1. The molecule has 0 atom stereocenters. The van der Waals surface area contributed by atoms with Gasteiger partial charge in [-0.1, -0.05) is 48.5 Å². The van der Waals surface area contributed by atoms with E-state index in [1.807, 2.05) is 50.5 Å². The summed E-state index contributed by atoms with van der Waals surface area (Å²) in [5, 5.41) is 4.15. The standard InChI is InChI=1S/C23H21N5O/c1-27(2)18-9-5-7-16(13-18)20-11-3-4-12-21(20)17-8-6-10-19(14-17)28-23(22(24)29)25-15-26-28/h3-15H,1-2H3,(H2,24,29). The van der Waals surface area contributed by atoms with Crippen LogP contribution in [0.1, 0.15) is 10.6 Å². The molecule has 6 heteroatoms. The van der Waals surface area contributed by atoms with Crippen LogP contribution in [0.2, 0.25) is 0 Å². The molecule has 29 heavy (non-hydrogen) atoms.